The summed E-state index contributed by atoms with van der Waals surface area (Å²) in [4.78, 5) is 31.6. The lowest BCUT2D eigenvalue weighted by molar-refractivity contribution is -0.151. The van der Waals surface area contributed by atoms with Crippen molar-refractivity contribution in [1.82, 2.24) is 0 Å². The Morgan fingerprint density at radius 2 is 2.31 bits per heavy atom. The van der Waals surface area contributed by atoms with E-state index in [0.717, 1.165) is 11.8 Å². The Bertz CT molecular complexity index is 249. The van der Waals surface area contributed by atoms with Gasteiger partial charge in [-0.25, -0.2) is 0 Å². The van der Waals surface area contributed by atoms with Crippen LogP contribution in [0.3, 0.4) is 0 Å². The van der Waals surface area contributed by atoms with Crippen LogP contribution < -0.4 is 0 Å². The number of aliphatic carboxylic acids is 1. The van der Waals surface area contributed by atoms with Gasteiger partial charge in [-0.3, -0.25) is 14.4 Å². The van der Waals surface area contributed by atoms with Crippen LogP contribution in [-0.2, 0) is 19.1 Å². The van der Waals surface area contributed by atoms with Crippen LogP contribution in [0.2, 0.25) is 0 Å². The zero-order valence-electron chi connectivity index (χ0n) is 6.69. The number of carboxylic acids is 1. The van der Waals surface area contributed by atoms with Crippen molar-refractivity contribution in [3.8, 4) is 0 Å². The molecule has 0 spiro atoms. The van der Waals surface area contributed by atoms with E-state index in [1.54, 1.807) is 0 Å². The minimum atomic E-state index is -0.912. The van der Waals surface area contributed by atoms with Gasteiger partial charge in [0.1, 0.15) is 5.25 Å². The number of carbonyl (C=O) groups is 3. The SMILES string of the molecule is O=C(O)CCSC1CC(=O)OC1=O. The van der Waals surface area contributed by atoms with Crippen molar-refractivity contribution in [2.75, 3.05) is 5.75 Å². The molecular weight excluding hydrogens is 196 g/mol. The van der Waals surface area contributed by atoms with Crippen molar-refractivity contribution in [3.63, 3.8) is 0 Å². The highest BCUT2D eigenvalue weighted by molar-refractivity contribution is 8.00. The number of hydrogen-bond acceptors (Lipinski definition) is 5. The summed E-state index contributed by atoms with van der Waals surface area (Å²) >= 11 is 1.15. The third kappa shape index (κ3) is 3.06. The molecule has 13 heavy (non-hydrogen) atoms. The molecule has 72 valence electrons. The molecule has 1 unspecified atom stereocenters. The number of cyclic esters (lactones) is 2. The first kappa shape index (κ1) is 10.0. The van der Waals surface area contributed by atoms with Gasteiger partial charge in [0.2, 0.25) is 0 Å². The first-order valence-corrected chi connectivity index (χ1v) is 4.72. The second kappa shape index (κ2) is 4.27. The maximum Gasteiger partial charge on any atom is 0.327 e. The first-order chi connectivity index (χ1) is 6.09. The van der Waals surface area contributed by atoms with E-state index in [2.05, 4.69) is 4.74 Å². The summed E-state index contributed by atoms with van der Waals surface area (Å²) in [5.74, 6) is -1.68. The summed E-state index contributed by atoms with van der Waals surface area (Å²) in [6, 6.07) is 0. The van der Waals surface area contributed by atoms with E-state index in [4.69, 9.17) is 5.11 Å². The molecule has 1 N–H and O–H groups in total. The van der Waals surface area contributed by atoms with Crippen molar-refractivity contribution in [3.05, 3.63) is 0 Å². The van der Waals surface area contributed by atoms with Gasteiger partial charge in [0.05, 0.1) is 12.8 Å². The topological polar surface area (TPSA) is 80.7 Å². The van der Waals surface area contributed by atoms with Crippen molar-refractivity contribution < 1.29 is 24.2 Å². The Morgan fingerprint density at radius 3 is 2.77 bits per heavy atom. The van der Waals surface area contributed by atoms with E-state index in [0.29, 0.717) is 5.75 Å². The summed E-state index contributed by atoms with van der Waals surface area (Å²) in [7, 11) is 0. The molecule has 0 aliphatic carbocycles. The van der Waals surface area contributed by atoms with Gasteiger partial charge >= 0.3 is 17.9 Å². The molecule has 1 rings (SSSR count). The quantitative estimate of drug-likeness (QED) is 0.514. The molecule has 1 aliphatic heterocycles. The third-order valence-electron chi connectivity index (χ3n) is 1.46. The largest absolute Gasteiger partial charge is 0.481 e. The number of hydrogen-bond donors (Lipinski definition) is 1. The van der Waals surface area contributed by atoms with Gasteiger partial charge < -0.3 is 9.84 Å². The molecule has 1 heterocycles. The van der Waals surface area contributed by atoms with Crippen LogP contribution in [0.4, 0.5) is 0 Å². The zero-order valence-corrected chi connectivity index (χ0v) is 7.50. The molecule has 0 aromatic heterocycles. The second-order valence-electron chi connectivity index (χ2n) is 2.50. The Morgan fingerprint density at radius 1 is 1.62 bits per heavy atom. The Labute approximate surface area is 78.4 Å². The predicted octanol–water partition coefficient (Wildman–Crippen LogP) is 0.0364. The second-order valence-corrected chi connectivity index (χ2v) is 3.81. The summed E-state index contributed by atoms with van der Waals surface area (Å²) in [6.45, 7) is 0. The fourth-order valence-electron chi connectivity index (χ4n) is 0.870. The van der Waals surface area contributed by atoms with Crippen molar-refractivity contribution in [2.24, 2.45) is 0 Å². The van der Waals surface area contributed by atoms with E-state index in [1.165, 1.54) is 0 Å². The van der Waals surface area contributed by atoms with E-state index in [-0.39, 0.29) is 12.8 Å². The monoisotopic (exact) mass is 204 g/mol. The maximum atomic E-state index is 10.8. The van der Waals surface area contributed by atoms with E-state index < -0.39 is 23.2 Å². The average Bonchev–Trinajstić information content (AvgIpc) is 2.29. The van der Waals surface area contributed by atoms with Gasteiger partial charge in [0, 0.05) is 5.75 Å². The summed E-state index contributed by atoms with van der Waals surface area (Å²) < 4.78 is 4.29. The maximum absolute atomic E-state index is 10.8. The van der Waals surface area contributed by atoms with Gasteiger partial charge in [-0.1, -0.05) is 0 Å². The van der Waals surface area contributed by atoms with E-state index >= 15 is 0 Å². The van der Waals surface area contributed by atoms with Crippen molar-refractivity contribution in [2.45, 2.75) is 18.1 Å². The van der Waals surface area contributed by atoms with Gasteiger partial charge in [0.15, 0.2) is 0 Å². The van der Waals surface area contributed by atoms with Crippen molar-refractivity contribution in [1.29, 1.82) is 0 Å². The molecule has 1 fully saturated rings. The normalized spacial score (nSPS) is 21.7. The number of carbonyl (C=O) groups excluding carboxylic acids is 2. The highest BCUT2D eigenvalue weighted by Gasteiger charge is 2.33. The molecule has 1 saturated heterocycles. The highest BCUT2D eigenvalue weighted by atomic mass is 32.2. The van der Waals surface area contributed by atoms with Crippen LogP contribution in [0.25, 0.3) is 0 Å². The van der Waals surface area contributed by atoms with Crippen LogP contribution in [0.1, 0.15) is 12.8 Å². The number of ether oxygens (including phenoxy) is 1. The lowest BCUT2D eigenvalue weighted by atomic mass is 10.4. The zero-order chi connectivity index (χ0) is 9.84. The van der Waals surface area contributed by atoms with Gasteiger partial charge in [-0.2, -0.15) is 0 Å². The number of carboxylic acid groups (broad SMARTS) is 1. The first-order valence-electron chi connectivity index (χ1n) is 3.67. The summed E-state index contributed by atoms with van der Waals surface area (Å²) in [5, 5.41) is 7.80. The molecule has 1 atom stereocenters. The smallest absolute Gasteiger partial charge is 0.327 e. The minimum Gasteiger partial charge on any atom is -0.481 e. The standard InChI is InChI=1S/C7H8O5S/c8-5(9)1-2-13-4-3-6(10)12-7(4)11/h4H,1-3H2,(H,8,9). The highest BCUT2D eigenvalue weighted by Crippen LogP contribution is 2.22. The van der Waals surface area contributed by atoms with Crippen LogP contribution in [0.5, 0.6) is 0 Å². The molecule has 0 aromatic carbocycles. The fourth-order valence-corrected chi connectivity index (χ4v) is 1.88. The van der Waals surface area contributed by atoms with Crippen LogP contribution >= 0.6 is 11.8 Å². The lowest BCUT2D eigenvalue weighted by Gasteiger charge is -2.01. The Kier molecular flexibility index (Phi) is 3.30. The predicted molar refractivity (Wildman–Crippen MR) is 44.2 cm³/mol. The molecule has 0 bridgehead atoms. The summed E-state index contributed by atoms with van der Waals surface area (Å²) in [5.41, 5.74) is 0. The minimum absolute atomic E-state index is 0.0113. The number of esters is 2. The molecule has 6 heteroatoms. The van der Waals surface area contributed by atoms with Gasteiger partial charge in [-0.15, -0.1) is 11.8 Å². The van der Waals surface area contributed by atoms with Crippen LogP contribution in [-0.4, -0.2) is 34.0 Å². The molecule has 0 radical (unpaired) electrons. The molecule has 0 aromatic rings. The molecule has 1 aliphatic rings. The Balaban J connectivity index is 2.26. The molecule has 0 amide bonds. The van der Waals surface area contributed by atoms with Crippen LogP contribution in [0, 0.1) is 0 Å². The number of rotatable bonds is 4. The fraction of sp³-hybridized carbons (Fsp3) is 0.571. The van der Waals surface area contributed by atoms with Gasteiger partial charge in [-0.05, 0) is 0 Å². The Hall–Kier alpha value is -1.04. The van der Waals surface area contributed by atoms with Crippen LogP contribution in [0.15, 0.2) is 0 Å². The summed E-state index contributed by atoms with van der Waals surface area (Å²) in [6.07, 6.45) is 0.0474. The van der Waals surface area contributed by atoms with E-state index in [9.17, 15) is 14.4 Å². The third-order valence-corrected chi connectivity index (χ3v) is 2.67. The molecule has 0 saturated carbocycles. The lowest BCUT2D eigenvalue weighted by Crippen LogP contribution is -2.11. The number of thioether (sulfide) groups is 1. The van der Waals surface area contributed by atoms with E-state index in [1.807, 2.05) is 0 Å². The molecule has 5 nitrogen and oxygen atoms in total. The van der Waals surface area contributed by atoms with Crippen molar-refractivity contribution >= 4 is 29.7 Å². The van der Waals surface area contributed by atoms with Gasteiger partial charge in [0.25, 0.3) is 0 Å². The molecular formula is C7H8O5S. The average molecular weight is 204 g/mol.